The van der Waals surface area contributed by atoms with Crippen LogP contribution in [0.5, 0.6) is 5.75 Å². The minimum atomic E-state index is -0.592. The molecule has 3 rings (SSSR count). The Morgan fingerprint density at radius 3 is 2.57 bits per heavy atom. The van der Waals surface area contributed by atoms with E-state index in [0.29, 0.717) is 11.1 Å². The van der Waals surface area contributed by atoms with Gasteiger partial charge in [0.1, 0.15) is 5.75 Å². The van der Waals surface area contributed by atoms with Gasteiger partial charge in [0.05, 0.1) is 17.3 Å². The van der Waals surface area contributed by atoms with Crippen molar-refractivity contribution in [2.75, 3.05) is 0 Å². The fraction of sp³-hybridized carbons (Fsp3) is 0.158. The van der Waals surface area contributed by atoms with E-state index in [0.717, 1.165) is 17.0 Å². The third kappa shape index (κ3) is 3.09. The zero-order valence-corrected chi connectivity index (χ0v) is 13.0. The maximum Gasteiger partial charge on any atom is 0.187 e. The normalized spacial score (nSPS) is 16.7. The topological polar surface area (TPSA) is 62.1 Å². The van der Waals surface area contributed by atoms with Crippen LogP contribution in [0.15, 0.2) is 54.6 Å². The lowest BCUT2D eigenvalue weighted by Crippen LogP contribution is -2.46. The van der Waals surface area contributed by atoms with Gasteiger partial charge in [0.2, 0.25) is 0 Å². The Morgan fingerprint density at radius 1 is 1.17 bits per heavy atom. The minimum absolute atomic E-state index is 0.121. The van der Waals surface area contributed by atoms with Crippen molar-refractivity contribution >= 4 is 11.5 Å². The number of carbonyl (C=O) groups is 1. The van der Waals surface area contributed by atoms with Crippen LogP contribution in [-0.2, 0) is 0 Å². The van der Waals surface area contributed by atoms with Gasteiger partial charge in [-0.15, -0.1) is 0 Å². The summed E-state index contributed by atoms with van der Waals surface area (Å²) in [6.07, 6.45) is 1.57. The van der Waals surface area contributed by atoms with Gasteiger partial charge in [-0.25, -0.2) is 0 Å². The average Bonchev–Trinajstić information content (AvgIpc) is 2.54. The fourth-order valence-electron chi connectivity index (χ4n) is 2.51. The second-order valence-electron chi connectivity index (χ2n) is 5.84. The van der Waals surface area contributed by atoms with Gasteiger partial charge in [0, 0.05) is 17.2 Å². The molecule has 114 valence electrons. The number of nitriles is 1. The molecule has 1 aliphatic rings. The second-order valence-corrected chi connectivity index (χ2v) is 5.84. The van der Waals surface area contributed by atoms with E-state index in [1.165, 1.54) is 0 Å². The van der Waals surface area contributed by atoms with Crippen molar-refractivity contribution < 1.29 is 9.53 Å². The average molecular weight is 304 g/mol. The first-order chi connectivity index (χ1) is 11.0. The summed E-state index contributed by atoms with van der Waals surface area (Å²) in [6.45, 7) is 3.81. The molecule has 2 aromatic carbocycles. The van der Waals surface area contributed by atoms with Crippen molar-refractivity contribution in [1.82, 2.24) is 5.32 Å². The molecule has 4 heteroatoms. The lowest BCUT2D eigenvalue weighted by molar-refractivity contribution is 0.0816. The molecule has 23 heavy (non-hydrogen) atoms. The van der Waals surface area contributed by atoms with Crippen LogP contribution >= 0.6 is 0 Å². The van der Waals surface area contributed by atoms with E-state index >= 15 is 0 Å². The van der Waals surface area contributed by atoms with E-state index in [1.54, 1.807) is 30.3 Å². The quantitative estimate of drug-likeness (QED) is 0.681. The lowest BCUT2D eigenvalue weighted by atomic mass is 10.0. The molecule has 1 heterocycles. The summed E-state index contributed by atoms with van der Waals surface area (Å²) in [6, 6.07) is 16.3. The number of hydrogen-bond acceptors (Lipinski definition) is 4. The first-order valence-electron chi connectivity index (χ1n) is 7.31. The largest absolute Gasteiger partial charge is 0.468 e. The van der Waals surface area contributed by atoms with Crippen LogP contribution in [0.4, 0.5) is 0 Å². The summed E-state index contributed by atoms with van der Waals surface area (Å²) in [4.78, 5) is 12.5. The van der Waals surface area contributed by atoms with Gasteiger partial charge in [-0.2, -0.15) is 5.26 Å². The maximum atomic E-state index is 12.5. The molecule has 0 unspecified atom stereocenters. The molecule has 0 amide bonds. The molecule has 1 N–H and O–H groups in total. The molecule has 1 aliphatic heterocycles. The molecule has 0 radical (unpaired) electrons. The van der Waals surface area contributed by atoms with Crippen LogP contribution in [0.2, 0.25) is 0 Å². The van der Waals surface area contributed by atoms with Crippen molar-refractivity contribution in [2.45, 2.75) is 19.6 Å². The molecule has 0 bridgehead atoms. The standard InChI is InChI=1S/C19H16N2O2/c1-19(2)21-16(15-5-3-4-6-18(15)23-19)11-17(22)14-9-7-13(12-20)8-10-14/h3-11,21H,1-2H3/b16-11-. The summed E-state index contributed by atoms with van der Waals surface area (Å²) in [5.74, 6) is 0.625. The molecule has 0 aromatic heterocycles. The molecule has 0 saturated heterocycles. The second kappa shape index (κ2) is 5.62. The van der Waals surface area contributed by atoms with Crippen molar-refractivity contribution in [3.63, 3.8) is 0 Å². The summed E-state index contributed by atoms with van der Waals surface area (Å²) >= 11 is 0. The Kier molecular flexibility index (Phi) is 3.63. The van der Waals surface area contributed by atoms with Gasteiger partial charge in [0.15, 0.2) is 11.5 Å². The highest BCUT2D eigenvalue weighted by molar-refractivity contribution is 6.08. The Bertz CT molecular complexity index is 827. The zero-order chi connectivity index (χ0) is 16.4. The molecular formula is C19H16N2O2. The molecular weight excluding hydrogens is 288 g/mol. The van der Waals surface area contributed by atoms with Gasteiger partial charge in [-0.1, -0.05) is 12.1 Å². The summed E-state index contributed by atoms with van der Waals surface area (Å²) in [5, 5.41) is 12.1. The molecule has 0 aliphatic carbocycles. The van der Waals surface area contributed by atoms with Gasteiger partial charge in [-0.05, 0) is 50.2 Å². The number of nitrogens with one attached hydrogen (secondary N) is 1. The highest BCUT2D eigenvalue weighted by Gasteiger charge is 2.29. The van der Waals surface area contributed by atoms with E-state index < -0.39 is 5.72 Å². The third-order valence-corrected chi connectivity index (χ3v) is 3.55. The van der Waals surface area contributed by atoms with E-state index in [4.69, 9.17) is 10.00 Å². The van der Waals surface area contributed by atoms with Gasteiger partial charge >= 0.3 is 0 Å². The van der Waals surface area contributed by atoms with Crippen LogP contribution < -0.4 is 10.1 Å². The SMILES string of the molecule is CC1(C)N/C(=C\C(=O)c2ccc(C#N)cc2)c2ccccc2O1. The number of para-hydroxylation sites is 1. The van der Waals surface area contributed by atoms with E-state index in [2.05, 4.69) is 5.32 Å². The smallest absolute Gasteiger partial charge is 0.187 e. The number of ketones is 1. The number of carbonyl (C=O) groups excluding carboxylic acids is 1. The lowest BCUT2D eigenvalue weighted by Gasteiger charge is -2.36. The number of hydrogen-bond donors (Lipinski definition) is 1. The van der Waals surface area contributed by atoms with Crippen LogP contribution in [0.3, 0.4) is 0 Å². The number of nitrogens with zero attached hydrogens (tertiary/aromatic N) is 1. The molecule has 0 atom stereocenters. The molecule has 0 fully saturated rings. The fourth-order valence-corrected chi connectivity index (χ4v) is 2.51. The van der Waals surface area contributed by atoms with Gasteiger partial charge < -0.3 is 10.1 Å². The Labute approximate surface area is 135 Å². The predicted molar refractivity (Wildman–Crippen MR) is 87.7 cm³/mol. The number of rotatable bonds is 2. The van der Waals surface area contributed by atoms with Gasteiger partial charge in [0.25, 0.3) is 0 Å². The Balaban J connectivity index is 1.97. The first-order valence-corrected chi connectivity index (χ1v) is 7.31. The number of ether oxygens (including phenoxy) is 1. The van der Waals surface area contributed by atoms with Crippen LogP contribution in [0, 0.1) is 11.3 Å². The maximum absolute atomic E-state index is 12.5. The summed E-state index contributed by atoms with van der Waals surface area (Å²) in [5.41, 5.74) is 2.07. The molecule has 2 aromatic rings. The van der Waals surface area contributed by atoms with Crippen molar-refractivity contribution in [3.8, 4) is 11.8 Å². The van der Waals surface area contributed by atoms with Crippen LogP contribution in [0.1, 0.15) is 35.3 Å². The molecule has 0 spiro atoms. The predicted octanol–water partition coefficient (Wildman–Crippen LogP) is 3.50. The van der Waals surface area contributed by atoms with Crippen LogP contribution in [0.25, 0.3) is 5.70 Å². The number of allylic oxidation sites excluding steroid dienone is 1. The summed E-state index contributed by atoms with van der Waals surface area (Å²) in [7, 11) is 0. The monoisotopic (exact) mass is 304 g/mol. The van der Waals surface area contributed by atoms with Crippen LogP contribution in [-0.4, -0.2) is 11.5 Å². The number of benzene rings is 2. The Morgan fingerprint density at radius 2 is 1.87 bits per heavy atom. The van der Waals surface area contributed by atoms with E-state index in [1.807, 2.05) is 44.2 Å². The summed E-state index contributed by atoms with van der Waals surface area (Å²) < 4.78 is 5.87. The highest BCUT2D eigenvalue weighted by Crippen LogP contribution is 2.33. The van der Waals surface area contributed by atoms with Crippen molar-refractivity contribution in [3.05, 3.63) is 71.3 Å². The highest BCUT2D eigenvalue weighted by atomic mass is 16.5. The van der Waals surface area contributed by atoms with E-state index in [9.17, 15) is 4.79 Å². The molecule has 0 saturated carbocycles. The Hall–Kier alpha value is -3.06. The molecule has 4 nitrogen and oxygen atoms in total. The first kappa shape index (κ1) is 14.9. The minimum Gasteiger partial charge on any atom is -0.468 e. The zero-order valence-electron chi connectivity index (χ0n) is 13.0. The number of fused-ring (bicyclic) bond motifs is 1. The van der Waals surface area contributed by atoms with Crippen molar-refractivity contribution in [1.29, 1.82) is 5.26 Å². The van der Waals surface area contributed by atoms with Gasteiger partial charge in [-0.3, -0.25) is 4.79 Å². The third-order valence-electron chi connectivity index (χ3n) is 3.55. The van der Waals surface area contributed by atoms with Crippen molar-refractivity contribution in [2.24, 2.45) is 0 Å². The van der Waals surface area contributed by atoms with E-state index in [-0.39, 0.29) is 5.78 Å².